The highest BCUT2D eigenvalue weighted by molar-refractivity contribution is 5.70. The lowest BCUT2D eigenvalue weighted by molar-refractivity contribution is -0.384. The molecule has 98 valence electrons. The minimum absolute atomic E-state index is 0.0533. The number of nitro benzene ring substituents is 1. The third kappa shape index (κ3) is 4.04. The van der Waals surface area contributed by atoms with Crippen molar-refractivity contribution in [2.24, 2.45) is 0 Å². The third-order valence-electron chi connectivity index (χ3n) is 2.46. The van der Waals surface area contributed by atoms with Crippen molar-refractivity contribution in [2.45, 2.75) is 13.3 Å². The Balaban J connectivity index is 2.53. The summed E-state index contributed by atoms with van der Waals surface area (Å²) in [6.07, 6.45) is 0.293. The quantitative estimate of drug-likeness (QED) is 0.439. The fraction of sp³-hybridized carbons (Fsp3) is 0.417. The zero-order valence-electron chi connectivity index (χ0n) is 10.5. The van der Waals surface area contributed by atoms with Gasteiger partial charge in [0.05, 0.1) is 18.0 Å². The monoisotopic (exact) mass is 252 g/mol. The van der Waals surface area contributed by atoms with E-state index < -0.39 is 4.92 Å². The smallest absolute Gasteiger partial charge is 0.307 e. The standard InChI is InChI=1S/C12H16N2O4/c1-3-18-12(15)8-9-13(2)10-4-6-11(7-5-10)14(16)17/h4-7H,3,8-9H2,1-2H3. The van der Waals surface area contributed by atoms with Crippen molar-refractivity contribution in [2.75, 3.05) is 25.1 Å². The number of nitrogens with zero attached hydrogens (tertiary/aromatic N) is 2. The van der Waals surface area contributed by atoms with Crippen molar-refractivity contribution in [1.29, 1.82) is 0 Å². The summed E-state index contributed by atoms with van der Waals surface area (Å²) in [5.41, 5.74) is 0.877. The van der Waals surface area contributed by atoms with E-state index in [1.807, 2.05) is 11.9 Å². The van der Waals surface area contributed by atoms with E-state index in [0.29, 0.717) is 19.6 Å². The zero-order chi connectivity index (χ0) is 13.5. The molecule has 0 unspecified atom stereocenters. The van der Waals surface area contributed by atoms with Gasteiger partial charge in [0.2, 0.25) is 0 Å². The number of ether oxygens (including phenoxy) is 1. The predicted octanol–water partition coefficient (Wildman–Crippen LogP) is 1.98. The van der Waals surface area contributed by atoms with Gasteiger partial charge in [-0.05, 0) is 19.1 Å². The lowest BCUT2D eigenvalue weighted by atomic mass is 10.2. The van der Waals surface area contributed by atoms with E-state index in [2.05, 4.69) is 0 Å². The molecule has 0 atom stereocenters. The molecule has 6 heteroatoms. The summed E-state index contributed by atoms with van der Waals surface area (Å²) in [5.74, 6) is -0.244. The van der Waals surface area contributed by atoms with Crippen LogP contribution in [-0.4, -0.2) is 31.1 Å². The fourth-order valence-electron chi connectivity index (χ4n) is 1.45. The number of benzene rings is 1. The molecule has 0 amide bonds. The van der Waals surface area contributed by atoms with Crippen molar-refractivity contribution in [1.82, 2.24) is 0 Å². The van der Waals surface area contributed by atoms with Gasteiger partial charge in [0.25, 0.3) is 5.69 Å². The average Bonchev–Trinajstić information content (AvgIpc) is 2.36. The third-order valence-corrected chi connectivity index (χ3v) is 2.46. The van der Waals surface area contributed by atoms with E-state index in [4.69, 9.17) is 4.74 Å². The van der Waals surface area contributed by atoms with Gasteiger partial charge in [-0.3, -0.25) is 14.9 Å². The van der Waals surface area contributed by atoms with E-state index in [9.17, 15) is 14.9 Å². The second-order valence-electron chi connectivity index (χ2n) is 3.75. The van der Waals surface area contributed by atoms with E-state index >= 15 is 0 Å². The molecule has 18 heavy (non-hydrogen) atoms. The summed E-state index contributed by atoms with van der Waals surface area (Å²) in [7, 11) is 1.82. The Morgan fingerprint density at radius 1 is 1.39 bits per heavy atom. The van der Waals surface area contributed by atoms with Crippen LogP contribution in [0, 0.1) is 10.1 Å². The zero-order valence-corrected chi connectivity index (χ0v) is 10.5. The lowest BCUT2D eigenvalue weighted by Crippen LogP contribution is -2.21. The summed E-state index contributed by atoms with van der Waals surface area (Å²) >= 11 is 0. The second kappa shape index (κ2) is 6.58. The summed E-state index contributed by atoms with van der Waals surface area (Å²) in [5, 5.41) is 10.5. The van der Waals surface area contributed by atoms with Gasteiger partial charge in [0, 0.05) is 31.4 Å². The van der Waals surface area contributed by atoms with Gasteiger partial charge in [-0.15, -0.1) is 0 Å². The molecule has 1 aromatic rings. The number of hydrogen-bond acceptors (Lipinski definition) is 5. The van der Waals surface area contributed by atoms with Gasteiger partial charge in [-0.2, -0.15) is 0 Å². The molecule has 0 aromatic heterocycles. The van der Waals surface area contributed by atoms with Gasteiger partial charge in [0.1, 0.15) is 0 Å². The Morgan fingerprint density at radius 2 is 2.00 bits per heavy atom. The fourth-order valence-corrected chi connectivity index (χ4v) is 1.45. The van der Waals surface area contributed by atoms with Crippen molar-refractivity contribution in [3.05, 3.63) is 34.4 Å². The molecule has 0 aliphatic rings. The molecule has 0 bridgehead atoms. The van der Waals surface area contributed by atoms with Crippen LogP contribution >= 0.6 is 0 Å². The Labute approximate surface area is 105 Å². The maximum absolute atomic E-state index is 11.2. The van der Waals surface area contributed by atoms with E-state index in [1.54, 1.807) is 19.1 Å². The summed E-state index contributed by atoms with van der Waals surface area (Å²) < 4.78 is 4.82. The van der Waals surface area contributed by atoms with Crippen LogP contribution in [0.15, 0.2) is 24.3 Å². The van der Waals surface area contributed by atoms with Gasteiger partial charge in [0.15, 0.2) is 0 Å². The SMILES string of the molecule is CCOC(=O)CCN(C)c1ccc([N+](=O)[O-])cc1. The van der Waals surface area contributed by atoms with Crippen molar-refractivity contribution < 1.29 is 14.5 Å². The molecule has 0 N–H and O–H groups in total. The Hall–Kier alpha value is -2.11. The van der Waals surface area contributed by atoms with Crippen LogP contribution in [0.25, 0.3) is 0 Å². The number of anilines is 1. The van der Waals surface area contributed by atoms with Crippen molar-refractivity contribution >= 4 is 17.3 Å². The molecule has 0 saturated heterocycles. The van der Waals surface area contributed by atoms with Crippen molar-refractivity contribution in [3.63, 3.8) is 0 Å². The summed E-state index contributed by atoms with van der Waals surface area (Å²) in [6.45, 7) is 2.65. The highest BCUT2D eigenvalue weighted by atomic mass is 16.6. The Morgan fingerprint density at radius 3 is 2.50 bits per heavy atom. The molecule has 0 radical (unpaired) electrons. The molecule has 1 rings (SSSR count). The van der Waals surface area contributed by atoms with Crippen LogP contribution in [0.5, 0.6) is 0 Å². The lowest BCUT2D eigenvalue weighted by Gasteiger charge is -2.18. The molecule has 0 spiro atoms. The van der Waals surface area contributed by atoms with Crippen molar-refractivity contribution in [3.8, 4) is 0 Å². The maximum Gasteiger partial charge on any atom is 0.307 e. The molecule has 0 fully saturated rings. The Bertz CT molecular complexity index is 417. The molecule has 0 aliphatic carbocycles. The van der Waals surface area contributed by atoms with Crippen LogP contribution in [0.2, 0.25) is 0 Å². The predicted molar refractivity (Wildman–Crippen MR) is 67.6 cm³/mol. The minimum atomic E-state index is -0.442. The molecule has 0 heterocycles. The minimum Gasteiger partial charge on any atom is -0.466 e. The first-order valence-electron chi connectivity index (χ1n) is 5.65. The van der Waals surface area contributed by atoms with Gasteiger partial charge >= 0.3 is 5.97 Å². The first-order chi connectivity index (χ1) is 8.54. The van der Waals surface area contributed by atoms with Crippen LogP contribution in [-0.2, 0) is 9.53 Å². The van der Waals surface area contributed by atoms with E-state index in [0.717, 1.165) is 5.69 Å². The van der Waals surface area contributed by atoms with Gasteiger partial charge in [-0.25, -0.2) is 0 Å². The second-order valence-corrected chi connectivity index (χ2v) is 3.75. The first kappa shape index (κ1) is 14.0. The van der Waals surface area contributed by atoms with Crippen LogP contribution in [0.4, 0.5) is 11.4 Å². The molecule has 0 saturated carbocycles. The number of rotatable bonds is 6. The number of carbonyl (C=O) groups is 1. The van der Waals surface area contributed by atoms with E-state index in [-0.39, 0.29) is 11.7 Å². The van der Waals surface area contributed by atoms with Gasteiger partial charge < -0.3 is 9.64 Å². The number of non-ortho nitro benzene ring substituents is 1. The topological polar surface area (TPSA) is 72.7 Å². The van der Waals surface area contributed by atoms with Crippen LogP contribution in [0.1, 0.15) is 13.3 Å². The molecule has 6 nitrogen and oxygen atoms in total. The average molecular weight is 252 g/mol. The number of hydrogen-bond donors (Lipinski definition) is 0. The summed E-state index contributed by atoms with van der Waals surface area (Å²) in [4.78, 5) is 23.1. The highest BCUT2D eigenvalue weighted by Crippen LogP contribution is 2.18. The largest absolute Gasteiger partial charge is 0.466 e. The number of esters is 1. The highest BCUT2D eigenvalue weighted by Gasteiger charge is 2.08. The van der Waals surface area contributed by atoms with Crippen LogP contribution < -0.4 is 4.90 Å². The molecule has 0 aliphatic heterocycles. The van der Waals surface area contributed by atoms with Gasteiger partial charge in [-0.1, -0.05) is 0 Å². The number of carbonyl (C=O) groups excluding carboxylic acids is 1. The molecule has 1 aromatic carbocycles. The Kier molecular flexibility index (Phi) is 5.10. The first-order valence-corrected chi connectivity index (χ1v) is 5.65. The number of nitro groups is 1. The summed E-state index contributed by atoms with van der Waals surface area (Å²) in [6, 6.07) is 6.19. The van der Waals surface area contributed by atoms with Crippen LogP contribution in [0.3, 0.4) is 0 Å². The maximum atomic E-state index is 11.2. The molecular weight excluding hydrogens is 236 g/mol. The van der Waals surface area contributed by atoms with E-state index in [1.165, 1.54) is 12.1 Å². The molecular formula is C12H16N2O4. The normalized spacial score (nSPS) is 9.89.